The Morgan fingerprint density at radius 2 is 1.77 bits per heavy atom. The van der Waals surface area contributed by atoms with E-state index in [9.17, 15) is 9.59 Å². The molecule has 6 nitrogen and oxygen atoms in total. The Labute approximate surface area is 158 Å². The minimum Gasteiger partial charge on any atom is -0.463 e. The van der Waals surface area contributed by atoms with Crippen molar-refractivity contribution in [2.75, 3.05) is 27.2 Å². The zero-order chi connectivity index (χ0) is 19.4. The van der Waals surface area contributed by atoms with Gasteiger partial charge in [0.05, 0.1) is 6.10 Å². The Hall–Kier alpha value is -1.14. The normalized spacial score (nSPS) is 19.9. The van der Waals surface area contributed by atoms with Gasteiger partial charge in [-0.1, -0.05) is 33.1 Å². The average molecular weight is 372 g/mol. The van der Waals surface area contributed by atoms with E-state index >= 15 is 0 Å². The third kappa shape index (κ3) is 11.5. The van der Waals surface area contributed by atoms with Crippen molar-refractivity contribution < 1.29 is 23.8 Å². The third-order valence-electron chi connectivity index (χ3n) is 4.41. The predicted molar refractivity (Wildman–Crippen MR) is 101 cm³/mol. The van der Waals surface area contributed by atoms with Gasteiger partial charge in [-0.05, 0) is 45.8 Å². The van der Waals surface area contributed by atoms with Crippen LogP contribution in [0.2, 0.25) is 0 Å². The second-order valence-corrected chi connectivity index (χ2v) is 7.84. The van der Waals surface area contributed by atoms with Crippen molar-refractivity contribution in [1.29, 1.82) is 0 Å². The predicted octanol–water partition coefficient (Wildman–Crippen LogP) is 3.53. The first kappa shape index (κ1) is 22.9. The van der Waals surface area contributed by atoms with Crippen LogP contribution in [-0.4, -0.2) is 56.5 Å². The molecular formula is C20H37NO5. The third-order valence-corrected chi connectivity index (χ3v) is 4.41. The first-order chi connectivity index (χ1) is 12.4. The maximum Gasteiger partial charge on any atom is 0.308 e. The second kappa shape index (κ2) is 13.1. The molecule has 0 bridgehead atoms. The Morgan fingerprint density at radius 1 is 1.04 bits per heavy atom. The summed E-state index contributed by atoms with van der Waals surface area (Å²) in [7, 11) is 3.95. The van der Waals surface area contributed by atoms with E-state index in [1.54, 1.807) is 0 Å². The van der Waals surface area contributed by atoms with E-state index in [4.69, 9.17) is 14.2 Å². The van der Waals surface area contributed by atoms with Gasteiger partial charge in [0.25, 0.3) is 0 Å². The Bertz CT molecular complexity index is 411. The molecule has 0 amide bonds. The summed E-state index contributed by atoms with van der Waals surface area (Å²) in [4.78, 5) is 25.6. The molecular weight excluding hydrogens is 334 g/mol. The summed E-state index contributed by atoms with van der Waals surface area (Å²) in [5.41, 5.74) is 0. The summed E-state index contributed by atoms with van der Waals surface area (Å²) in [5, 5.41) is 0. The minimum atomic E-state index is -0.490. The first-order valence-electron chi connectivity index (χ1n) is 10.0. The van der Waals surface area contributed by atoms with Crippen molar-refractivity contribution in [1.82, 2.24) is 4.90 Å². The summed E-state index contributed by atoms with van der Waals surface area (Å²) in [5.74, 6) is 0.325. The molecule has 1 rings (SSSR count). The molecule has 1 saturated heterocycles. The lowest BCUT2D eigenvalue weighted by molar-refractivity contribution is -0.180. The van der Waals surface area contributed by atoms with Gasteiger partial charge < -0.3 is 19.1 Å². The number of ether oxygens (including phenoxy) is 3. The molecule has 1 heterocycles. The van der Waals surface area contributed by atoms with Crippen molar-refractivity contribution in [3.05, 3.63) is 0 Å². The molecule has 0 aliphatic carbocycles. The molecule has 26 heavy (non-hydrogen) atoms. The van der Waals surface area contributed by atoms with Gasteiger partial charge in [0.2, 0.25) is 6.29 Å². The van der Waals surface area contributed by atoms with Gasteiger partial charge in [-0.15, -0.1) is 0 Å². The van der Waals surface area contributed by atoms with E-state index in [2.05, 4.69) is 13.8 Å². The SMILES string of the molecule is CC(C)CCCCCC(=O)OC1CCC(COC(=O)CCCN(C)C)O1. The maximum absolute atomic E-state index is 11.9. The van der Waals surface area contributed by atoms with Crippen LogP contribution in [0, 0.1) is 5.92 Å². The number of carbonyl (C=O) groups is 2. The Balaban J connectivity index is 2.06. The standard InChI is InChI=1S/C20H37NO5/c1-16(2)9-6-5-7-10-19(23)26-20-13-12-17(25-20)15-24-18(22)11-8-14-21(3)4/h16-17,20H,5-15H2,1-4H3. The molecule has 1 fully saturated rings. The molecule has 0 aromatic heterocycles. The topological polar surface area (TPSA) is 65.1 Å². The van der Waals surface area contributed by atoms with Crippen molar-refractivity contribution in [2.24, 2.45) is 5.92 Å². The van der Waals surface area contributed by atoms with Gasteiger partial charge >= 0.3 is 11.9 Å². The van der Waals surface area contributed by atoms with Gasteiger partial charge in [-0.2, -0.15) is 0 Å². The van der Waals surface area contributed by atoms with Crippen LogP contribution < -0.4 is 0 Å². The lowest BCUT2D eigenvalue weighted by Crippen LogP contribution is -2.23. The number of hydrogen-bond donors (Lipinski definition) is 0. The molecule has 1 aliphatic rings. The van der Waals surface area contributed by atoms with E-state index in [1.165, 1.54) is 6.42 Å². The van der Waals surface area contributed by atoms with Gasteiger partial charge in [-0.25, -0.2) is 0 Å². The average Bonchev–Trinajstić information content (AvgIpc) is 2.99. The van der Waals surface area contributed by atoms with Crippen molar-refractivity contribution in [3.63, 3.8) is 0 Å². The molecule has 6 heteroatoms. The van der Waals surface area contributed by atoms with Gasteiger partial charge in [0, 0.05) is 19.3 Å². The smallest absolute Gasteiger partial charge is 0.308 e. The summed E-state index contributed by atoms with van der Waals surface area (Å²) >= 11 is 0. The van der Waals surface area contributed by atoms with Gasteiger partial charge in [0.1, 0.15) is 6.61 Å². The molecule has 0 N–H and O–H groups in total. The highest BCUT2D eigenvalue weighted by Gasteiger charge is 2.28. The number of carbonyl (C=O) groups excluding carboxylic acids is 2. The summed E-state index contributed by atoms with van der Waals surface area (Å²) in [6.45, 7) is 5.53. The van der Waals surface area contributed by atoms with Crippen LogP contribution in [0.25, 0.3) is 0 Å². The molecule has 0 aromatic carbocycles. The lowest BCUT2D eigenvalue weighted by atomic mass is 10.0. The second-order valence-electron chi connectivity index (χ2n) is 7.84. The van der Waals surface area contributed by atoms with Gasteiger partial charge in [-0.3, -0.25) is 9.59 Å². The molecule has 1 aliphatic heterocycles. The van der Waals surface area contributed by atoms with Crippen LogP contribution in [0.5, 0.6) is 0 Å². The quantitative estimate of drug-likeness (QED) is 0.364. The van der Waals surface area contributed by atoms with Crippen LogP contribution in [0.1, 0.15) is 71.6 Å². The number of unbranched alkanes of at least 4 members (excludes halogenated alkanes) is 2. The number of nitrogens with zero attached hydrogens (tertiary/aromatic N) is 1. The lowest BCUT2D eigenvalue weighted by Gasteiger charge is -2.15. The van der Waals surface area contributed by atoms with E-state index in [0.717, 1.165) is 38.6 Å². The van der Waals surface area contributed by atoms with Gasteiger partial charge in [0.15, 0.2) is 0 Å². The van der Waals surface area contributed by atoms with Crippen LogP contribution in [0.4, 0.5) is 0 Å². The summed E-state index contributed by atoms with van der Waals surface area (Å²) in [6, 6.07) is 0. The monoisotopic (exact) mass is 371 g/mol. The van der Waals surface area contributed by atoms with Crippen molar-refractivity contribution in [2.45, 2.75) is 84.0 Å². The Morgan fingerprint density at radius 3 is 2.46 bits per heavy atom. The molecule has 0 aromatic rings. The maximum atomic E-state index is 11.9. The first-order valence-corrected chi connectivity index (χ1v) is 10.0. The highest BCUT2D eigenvalue weighted by atomic mass is 16.7. The van der Waals surface area contributed by atoms with Crippen molar-refractivity contribution >= 4 is 11.9 Å². The highest BCUT2D eigenvalue weighted by Crippen LogP contribution is 2.22. The van der Waals surface area contributed by atoms with Crippen LogP contribution >= 0.6 is 0 Å². The summed E-state index contributed by atoms with van der Waals surface area (Å²) < 4.78 is 16.3. The van der Waals surface area contributed by atoms with E-state index in [-0.39, 0.29) is 24.6 Å². The fourth-order valence-electron chi connectivity index (χ4n) is 2.88. The molecule has 0 saturated carbocycles. The largest absolute Gasteiger partial charge is 0.463 e. The summed E-state index contributed by atoms with van der Waals surface area (Å²) in [6.07, 6.45) is 6.70. The molecule has 2 unspecified atom stereocenters. The molecule has 2 atom stereocenters. The van der Waals surface area contributed by atoms with Crippen LogP contribution in [0.3, 0.4) is 0 Å². The number of esters is 2. The fraction of sp³-hybridized carbons (Fsp3) is 0.900. The van der Waals surface area contributed by atoms with E-state index < -0.39 is 6.29 Å². The minimum absolute atomic E-state index is 0.170. The van der Waals surface area contributed by atoms with Crippen LogP contribution in [0.15, 0.2) is 0 Å². The fourth-order valence-corrected chi connectivity index (χ4v) is 2.88. The zero-order valence-corrected chi connectivity index (χ0v) is 17.0. The Kier molecular flexibility index (Phi) is 11.5. The van der Waals surface area contributed by atoms with E-state index in [1.807, 2.05) is 19.0 Å². The number of rotatable bonds is 13. The van der Waals surface area contributed by atoms with E-state index in [0.29, 0.717) is 25.2 Å². The number of hydrogen-bond acceptors (Lipinski definition) is 6. The zero-order valence-electron chi connectivity index (χ0n) is 17.0. The highest BCUT2D eigenvalue weighted by molar-refractivity contribution is 5.69. The molecule has 152 valence electrons. The molecule has 0 spiro atoms. The molecule has 0 radical (unpaired) electrons. The van der Waals surface area contributed by atoms with Crippen molar-refractivity contribution in [3.8, 4) is 0 Å². The van der Waals surface area contributed by atoms with Crippen LogP contribution in [-0.2, 0) is 23.8 Å².